The van der Waals surface area contributed by atoms with Crippen LogP contribution in [0.5, 0.6) is 0 Å². The number of nitrogens with one attached hydrogen (secondary N) is 1. The van der Waals surface area contributed by atoms with E-state index in [1.165, 1.54) is 0 Å². The molecule has 23 heavy (non-hydrogen) atoms. The van der Waals surface area contributed by atoms with Gasteiger partial charge in [-0.15, -0.1) is 0 Å². The first-order valence-electron chi connectivity index (χ1n) is 7.18. The van der Waals surface area contributed by atoms with Crippen LogP contribution >= 0.6 is 11.6 Å². The zero-order valence-electron chi connectivity index (χ0n) is 12.5. The van der Waals surface area contributed by atoms with Crippen LogP contribution in [0.1, 0.15) is 21.6 Å². The van der Waals surface area contributed by atoms with E-state index >= 15 is 0 Å². The van der Waals surface area contributed by atoms with Gasteiger partial charge in [-0.2, -0.15) is 0 Å². The number of hydrogen-bond acceptors (Lipinski definition) is 3. The van der Waals surface area contributed by atoms with Gasteiger partial charge in [0, 0.05) is 23.2 Å². The van der Waals surface area contributed by atoms with Gasteiger partial charge >= 0.3 is 0 Å². The monoisotopic (exact) mass is 326 g/mol. The van der Waals surface area contributed by atoms with Crippen molar-refractivity contribution in [2.45, 2.75) is 13.5 Å². The van der Waals surface area contributed by atoms with Crippen molar-refractivity contribution in [3.8, 4) is 11.3 Å². The highest BCUT2D eigenvalue weighted by molar-refractivity contribution is 6.30. The van der Waals surface area contributed by atoms with Crippen LogP contribution in [0.25, 0.3) is 11.3 Å². The highest BCUT2D eigenvalue weighted by Crippen LogP contribution is 2.22. The van der Waals surface area contributed by atoms with Crippen molar-refractivity contribution >= 4 is 17.5 Å². The van der Waals surface area contributed by atoms with Gasteiger partial charge in [-0.25, -0.2) is 0 Å². The van der Waals surface area contributed by atoms with Crippen molar-refractivity contribution < 1.29 is 9.32 Å². The number of carbonyl (C=O) groups excluding carboxylic acids is 1. The average molecular weight is 327 g/mol. The third kappa shape index (κ3) is 3.79. The Morgan fingerprint density at radius 2 is 1.96 bits per heavy atom. The number of aromatic nitrogens is 1. The second-order valence-electron chi connectivity index (χ2n) is 5.26. The molecule has 0 aliphatic rings. The van der Waals surface area contributed by atoms with E-state index in [9.17, 15) is 4.79 Å². The summed E-state index contributed by atoms with van der Waals surface area (Å²) in [6, 6.07) is 16.8. The molecule has 3 rings (SSSR count). The fraction of sp³-hybridized carbons (Fsp3) is 0.111. The van der Waals surface area contributed by atoms with E-state index in [-0.39, 0.29) is 11.6 Å². The van der Waals surface area contributed by atoms with Gasteiger partial charge in [-0.05, 0) is 36.8 Å². The first kappa shape index (κ1) is 15.3. The molecule has 0 atom stereocenters. The number of halogens is 1. The number of nitrogens with zero attached hydrogens (tertiary/aromatic N) is 1. The molecule has 1 aromatic heterocycles. The number of rotatable bonds is 4. The van der Waals surface area contributed by atoms with Gasteiger partial charge in [0.25, 0.3) is 5.91 Å². The van der Waals surface area contributed by atoms with Crippen LogP contribution in [0, 0.1) is 6.92 Å². The van der Waals surface area contributed by atoms with E-state index in [0.29, 0.717) is 17.3 Å². The molecule has 1 heterocycles. The van der Waals surface area contributed by atoms with Gasteiger partial charge in [0.15, 0.2) is 11.5 Å². The van der Waals surface area contributed by atoms with Crippen LogP contribution in [0.4, 0.5) is 0 Å². The molecule has 0 unspecified atom stereocenters. The zero-order valence-corrected chi connectivity index (χ0v) is 13.3. The molecular weight excluding hydrogens is 312 g/mol. The minimum atomic E-state index is -0.268. The van der Waals surface area contributed by atoms with Gasteiger partial charge in [0.1, 0.15) is 0 Å². The highest BCUT2D eigenvalue weighted by Gasteiger charge is 2.13. The molecule has 0 aliphatic heterocycles. The van der Waals surface area contributed by atoms with Crippen LogP contribution in [0.2, 0.25) is 5.02 Å². The quantitative estimate of drug-likeness (QED) is 0.780. The van der Waals surface area contributed by atoms with Crippen molar-refractivity contribution in [2.24, 2.45) is 0 Å². The largest absolute Gasteiger partial charge is 0.355 e. The van der Waals surface area contributed by atoms with E-state index in [1.807, 2.05) is 43.3 Å². The fourth-order valence-electron chi connectivity index (χ4n) is 2.23. The molecule has 2 aromatic carbocycles. The lowest BCUT2D eigenvalue weighted by Crippen LogP contribution is -2.23. The van der Waals surface area contributed by atoms with E-state index in [2.05, 4.69) is 10.5 Å². The van der Waals surface area contributed by atoms with Crippen LogP contribution in [-0.2, 0) is 6.54 Å². The summed E-state index contributed by atoms with van der Waals surface area (Å²) >= 11 is 5.85. The lowest BCUT2D eigenvalue weighted by molar-refractivity contribution is 0.0942. The van der Waals surface area contributed by atoms with E-state index < -0.39 is 0 Å². The third-order valence-electron chi connectivity index (χ3n) is 3.41. The summed E-state index contributed by atoms with van der Waals surface area (Å²) in [6.45, 7) is 2.46. The average Bonchev–Trinajstić information content (AvgIpc) is 3.03. The maximum atomic E-state index is 12.1. The summed E-state index contributed by atoms with van der Waals surface area (Å²) in [6.07, 6.45) is 0. The molecule has 0 saturated heterocycles. The van der Waals surface area contributed by atoms with Gasteiger partial charge in [-0.1, -0.05) is 46.6 Å². The molecular formula is C18H15ClN2O2. The Morgan fingerprint density at radius 1 is 1.17 bits per heavy atom. The summed E-state index contributed by atoms with van der Waals surface area (Å²) in [5.74, 6) is 0.262. The Bertz CT molecular complexity index is 825. The van der Waals surface area contributed by atoms with Crippen molar-refractivity contribution in [3.05, 3.63) is 76.4 Å². The molecule has 0 fully saturated rings. The van der Waals surface area contributed by atoms with E-state index in [0.717, 1.165) is 16.7 Å². The Kier molecular flexibility index (Phi) is 4.44. The molecule has 1 N–H and O–H groups in total. The number of amides is 1. The van der Waals surface area contributed by atoms with Gasteiger partial charge in [0.05, 0.1) is 0 Å². The van der Waals surface area contributed by atoms with Crippen molar-refractivity contribution in [1.82, 2.24) is 10.5 Å². The second-order valence-corrected chi connectivity index (χ2v) is 5.69. The molecule has 0 aliphatic carbocycles. The predicted molar refractivity (Wildman–Crippen MR) is 89.3 cm³/mol. The highest BCUT2D eigenvalue weighted by atomic mass is 35.5. The number of hydrogen-bond donors (Lipinski definition) is 1. The van der Waals surface area contributed by atoms with Crippen LogP contribution in [-0.4, -0.2) is 11.1 Å². The van der Waals surface area contributed by atoms with Crippen molar-refractivity contribution in [3.63, 3.8) is 0 Å². The van der Waals surface area contributed by atoms with Crippen molar-refractivity contribution in [1.29, 1.82) is 0 Å². The zero-order chi connectivity index (χ0) is 16.2. The van der Waals surface area contributed by atoms with E-state index in [1.54, 1.807) is 18.2 Å². The minimum absolute atomic E-state index is 0.252. The first-order chi connectivity index (χ1) is 11.1. The number of benzene rings is 2. The molecule has 116 valence electrons. The number of carbonyl (C=O) groups is 1. The Labute approximate surface area is 139 Å². The van der Waals surface area contributed by atoms with Gasteiger partial charge in [0.2, 0.25) is 0 Å². The topological polar surface area (TPSA) is 55.1 Å². The van der Waals surface area contributed by atoms with Gasteiger partial charge < -0.3 is 9.84 Å². The molecule has 0 spiro atoms. The lowest BCUT2D eigenvalue weighted by atomic mass is 10.1. The standard InChI is InChI=1S/C18H15ClN2O2/c1-12-3-2-4-13(9-12)11-20-18(22)16-10-17(23-21-16)14-5-7-15(19)8-6-14/h2-10H,11H2,1H3,(H,20,22). The maximum absolute atomic E-state index is 12.1. The van der Waals surface area contributed by atoms with Crippen LogP contribution in [0.3, 0.4) is 0 Å². The summed E-state index contributed by atoms with van der Waals surface area (Å²) in [5.41, 5.74) is 3.27. The second kappa shape index (κ2) is 6.67. The minimum Gasteiger partial charge on any atom is -0.355 e. The Morgan fingerprint density at radius 3 is 2.70 bits per heavy atom. The maximum Gasteiger partial charge on any atom is 0.273 e. The Balaban J connectivity index is 1.67. The molecule has 5 heteroatoms. The summed E-state index contributed by atoms with van der Waals surface area (Å²) in [7, 11) is 0. The van der Waals surface area contributed by atoms with E-state index in [4.69, 9.17) is 16.1 Å². The van der Waals surface area contributed by atoms with Gasteiger partial charge in [-0.3, -0.25) is 4.79 Å². The SMILES string of the molecule is Cc1cccc(CNC(=O)c2cc(-c3ccc(Cl)cc3)on2)c1. The molecule has 4 nitrogen and oxygen atoms in total. The molecule has 1 amide bonds. The number of aryl methyl sites for hydroxylation is 1. The molecule has 0 saturated carbocycles. The molecule has 0 radical (unpaired) electrons. The normalized spacial score (nSPS) is 10.5. The van der Waals surface area contributed by atoms with Crippen LogP contribution in [0.15, 0.2) is 59.1 Å². The third-order valence-corrected chi connectivity index (χ3v) is 3.66. The van der Waals surface area contributed by atoms with Crippen LogP contribution < -0.4 is 5.32 Å². The Hall–Kier alpha value is -2.59. The molecule has 0 bridgehead atoms. The predicted octanol–water partition coefficient (Wildman–Crippen LogP) is 4.23. The summed E-state index contributed by atoms with van der Waals surface area (Å²) in [5, 5.41) is 7.30. The summed E-state index contributed by atoms with van der Waals surface area (Å²) < 4.78 is 5.23. The van der Waals surface area contributed by atoms with Crippen molar-refractivity contribution in [2.75, 3.05) is 0 Å². The smallest absolute Gasteiger partial charge is 0.273 e. The molecule has 3 aromatic rings. The lowest BCUT2D eigenvalue weighted by Gasteiger charge is -2.03. The first-order valence-corrected chi connectivity index (χ1v) is 7.56. The fourth-order valence-corrected chi connectivity index (χ4v) is 2.35. The summed E-state index contributed by atoms with van der Waals surface area (Å²) in [4.78, 5) is 12.1.